The lowest BCUT2D eigenvalue weighted by atomic mass is 9.94. The highest BCUT2D eigenvalue weighted by Crippen LogP contribution is 2.48. The van der Waals surface area contributed by atoms with Gasteiger partial charge in [0, 0.05) is 6.42 Å². The molecule has 98 valence electrons. The Kier molecular flexibility index (Phi) is 3.57. The minimum absolute atomic E-state index is 0.00799. The zero-order valence-corrected chi connectivity index (χ0v) is 10.4. The Morgan fingerprint density at radius 2 is 2.00 bits per heavy atom. The molecule has 0 saturated heterocycles. The van der Waals surface area contributed by atoms with Crippen molar-refractivity contribution >= 4 is 11.9 Å². The monoisotopic (exact) mass is 257 g/mol. The topological polar surface area (TPSA) is 66.4 Å². The van der Waals surface area contributed by atoms with Gasteiger partial charge >= 0.3 is 5.97 Å². The summed E-state index contributed by atoms with van der Waals surface area (Å²) in [4.78, 5) is 23.3. The fraction of sp³-hybridized carbons (Fsp3) is 0.333. The van der Waals surface area contributed by atoms with Gasteiger partial charge < -0.3 is 10.4 Å². The molecule has 2 rings (SSSR count). The van der Waals surface area contributed by atoms with Crippen LogP contribution in [0, 0.1) is 12.3 Å². The Labute approximate surface area is 111 Å². The van der Waals surface area contributed by atoms with E-state index in [0.29, 0.717) is 0 Å². The molecule has 0 radical (unpaired) electrons. The van der Waals surface area contributed by atoms with Gasteiger partial charge in [-0.3, -0.25) is 4.79 Å². The third-order valence-electron chi connectivity index (χ3n) is 3.44. The highest BCUT2D eigenvalue weighted by Gasteiger charge is 2.51. The van der Waals surface area contributed by atoms with Gasteiger partial charge in [0.05, 0.1) is 5.41 Å². The summed E-state index contributed by atoms with van der Waals surface area (Å²) in [7, 11) is 0. The molecule has 1 fully saturated rings. The molecule has 1 unspecified atom stereocenters. The molecule has 1 amide bonds. The number of carbonyl (C=O) groups is 2. The van der Waals surface area contributed by atoms with E-state index in [1.807, 2.05) is 30.3 Å². The van der Waals surface area contributed by atoms with Crippen molar-refractivity contribution in [2.24, 2.45) is 0 Å². The molecular weight excluding hydrogens is 242 g/mol. The SMILES string of the molecule is C#CCC(NC(=O)C1(c2ccccc2)CC1)C(=O)O. The van der Waals surface area contributed by atoms with Crippen LogP contribution >= 0.6 is 0 Å². The van der Waals surface area contributed by atoms with E-state index in [1.54, 1.807) is 0 Å². The molecule has 4 nitrogen and oxygen atoms in total. The van der Waals surface area contributed by atoms with E-state index in [0.717, 1.165) is 18.4 Å². The van der Waals surface area contributed by atoms with E-state index >= 15 is 0 Å². The predicted octanol–water partition coefficient (Wildman–Crippen LogP) is 1.31. The van der Waals surface area contributed by atoms with Crippen LogP contribution < -0.4 is 5.32 Å². The van der Waals surface area contributed by atoms with Crippen LogP contribution in [0.1, 0.15) is 24.8 Å². The maximum absolute atomic E-state index is 12.3. The Bertz CT molecular complexity index is 526. The Hall–Kier alpha value is -2.28. The summed E-state index contributed by atoms with van der Waals surface area (Å²) < 4.78 is 0. The van der Waals surface area contributed by atoms with Gasteiger partial charge in [-0.2, -0.15) is 0 Å². The molecule has 1 aliphatic rings. The van der Waals surface area contributed by atoms with Crippen molar-refractivity contribution in [3.05, 3.63) is 35.9 Å². The Balaban J connectivity index is 2.12. The largest absolute Gasteiger partial charge is 0.480 e. The first-order valence-electron chi connectivity index (χ1n) is 6.13. The molecule has 1 aromatic carbocycles. The molecule has 0 aromatic heterocycles. The van der Waals surface area contributed by atoms with Gasteiger partial charge in [0.25, 0.3) is 0 Å². The van der Waals surface area contributed by atoms with E-state index < -0.39 is 17.4 Å². The molecule has 0 spiro atoms. The maximum atomic E-state index is 12.3. The molecule has 1 atom stereocenters. The Morgan fingerprint density at radius 3 is 2.47 bits per heavy atom. The van der Waals surface area contributed by atoms with Crippen molar-refractivity contribution in [1.29, 1.82) is 0 Å². The van der Waals surface area contributed by atoms with Crippen LogP contribution in [0.15, 0.2) is 30.3 Å². The molecule has 2 N–H and O–H groups in total. The van der Waals surface area contributed by atoms with Crippen LogP contribution in [-0.4, -0.2) is 23.0 Å². The summed E-state index contributed by atoms with van der Waals surface area (Å²) >= 11 is 0. The van der Waals surface area contributed by atoms with Gasteiger partial charge in [0.2, 0.25) is 5.91 Å². The second-order valence-electron chi connectivity index (χ2n) is 4.72. The van der Waals surface area contributed by atoms with Crippen LogP contribution in [0.3, 0.4) is 0 Å². The number of nitrogens with one attached hydrogen (secondary N) is 1. The third kappa shape index (κ3) is 2.60. The lowest BCUT2D eigenvalue weighted by Crippen LogP contribution is -2.45. The van der Waals surface area contributed by atoms with Crippen molar-refractivity contribution in [2.75, 3.05) is 0 Å². The highest BCUT2D eigenvalue weighted by atomic mass is 16.4. The summed E-state index contributed by atoms with van der Waals surface area (Å²) in [5.74, 6) is 0.920. The van der Waals surface area contributed by atoms with Crippen LogP contribution in [0.4, 0.5) is 0 Å². The van der Waals surface area contributed by atoms with Crippen molar-refractivity contribution in [3.8, 4) is 12.3 Å². The number of aliphatic carboxylic acids is 1. The Morgan fingerprint density at radius 1 is 1.37 bits per heavy atom. The lowest BCUT2D eigenvalue weighted by molar-refractivity contribution is -0.142. The van der Waals surface area contributed by atoms with Crippen LogP contribution in [0.5, 0.6) is 0 Å². The number of benzene rings is 1. The zero-order valence-electron chi connectivity index (χ0n) is 10.4. The van der Waals surface area contributed by atoms with E-state index in [1.165, 1.54) is 0 Å². The quantitative estimate of drug-likeness (QED) is 0.782. The van der Waals surface area contributed by atoms with E-state index in [4.69, 9.17) is 11.5 Å². The van der Waals surface area contributed by atoms with Gasteiger partial charge in [-0.25, -0.2) is 4.79 Å². The first kappa shape index (κ1) is 13.2. The molecule has 0 heterocycles. The van der Waals surface area contributed by atoms with Crippen molar-refractivity contribution in [1.82, 2.24) is 5.32 Å². The molecule has 1 saturated carbocycles. The summed E-state index contributed by atoms with van der Waals surface area (Å²) in [5.41, 5.74) is 0.362. The first-order valence-corrected chi connectivity index (χ1v) is 6.13. The molecular formula is C15H15NO3. The minimum Gasteiger partial charge on any atom is -0.480 e. The standard InChI is InChI=1S/C15H15NO3/c1-2-6-12(13(17)18)16-14(19)15(9-10-15)11-7-4-3-5-8-11/h1,3-5,7-8,12H,6,9-10H2,(H,16,19)(H,17,18). The smallest absolute Gasteiger partial charge is 0.327 e. The maximum Gasteiger partial charge on any atom is 0.327 e. The minimum atomic E-state index is -1.10. The fourth-order valence-corrected chi connectivity index (χ4v) is 2.14. The van der Waals surface area contributed by atoms with E-state index in [9.17, 15) is 9.59 Å². The molecule has 1 aromatic rings. The number of carboxylic acid groups (broad SMARTS) is 1. The second kappa shape index (κ2) is 5.15. The van der Waals surface area contributed by atoms with Gasteiger partial charge in [-0.15, -0.1) is 12.3 Å². The number of hydrogen-bond acceptors (Lipinski definition) is 2. The predicted molar refractivity (Wildman–Crippen MR) is 70.4 cm³/mol. The van der Waals surface area contributed by atoms with Crippen LogP contribution in [0.2, 0.25) is 0 Å². The average Bonchev–Trinajstić information content (AvgIpc) is 3.20. The lowest BCUT2D eigenvalue weighted by Gasteiger charge is -2.19. The van der Waals surface area contributed by atoms with Gasteiger partial charge in [-0.1, -0.05) is 30.3 Å². The number of hydrogen-bond donors (Lipinski definition) is 2. The summed E-state index contributed by atoms with van der Waals surface area (Å²) in [6.45, 7) is 0. The van der Waals surface area contributed by atoms with Crippen molar-refractivity contribution in [2.45, 2.75) is 30.7 Å². The van der Waals surface area contributed by atoms with E-state index in [2.05, 4.69) is 11.2 Å². The summed E-state index contributed by atoms with van der Waals surface area (Å²) in [5, 5.41) is 11.5. The van der Waals surface area contributed by atoms with Crippen LogP contribution in [0.25, 0.3) is 0 Å². The zero-order chi connectivity index (χ0) is 13.9. The van der Waals surface area contributed by atoms with Gasteiger partial charge in [0.15, 0.2) is 0 Å². The first-order chi connectivity index (χ1) is 9.10. The summed E-state index contributed by atoms with van der Waals surface area (Å²) in [6, 6.07) is 8.40. The third-order valence-corrected chi connectivity index (χ3v) is 3.44. The average molecular weight is 257 g/mol. The van der Waals surface area contributed by atoms with Gasteiger partial charge in [-0.05, 0) is 18.4 Å². The number of carboxylic acids is 1. The highest BCUT2D eigenvalue weighted by molar-refractivity contribution is 5.94. The van der Waals surface area contributed by atoms with Crippen molar-refractivity contribution in [3.63, 3.8) is 0 Å². The number of terminal acetylenes is 1. The fourth-order valence-electron chi connectivity index (χ4n) is 2.14. The number of amides is 1. The summed E-state index contributed by atoms with van der Waals surface area (Å²) in [6.07, 6.45) is 6.59. The number of rotatable bonds is 5. The normalized spacial score (nSPS) is 17.0. The molecule has 1 aliphatic carbocycles. The molecule has 19 heavy (non-hydrogen) atoms. The number of carbonyl (C=O) groups excluding carboxylic acids is 1. The molecule has 0 aliphatic heterocycles. The van der Waals surface area contributed by atoms with Gasteiger partial charge in [0.1, 0.15) is 6.04 Å². The molecule has 0 bridgehead atoms. The second-order valence-corrected chi connectivity index (χ2v) is 4.72. The van der Waals surface area contributed by atoms with Crippen LogP contribution in [-0.2, 0) is 15.0 Å². The van der Waals surface area contributed by atoms with Crippen molar-refractivity contribution < 1.29 is 14.7 Å². The molecule has 4 heteroatoms. The van der Waals surface area contributed by atoms with E-state index in [-0.39, 0.29) is 12.3 Å².